The molecule has 0 radical (unpaired) electrons. The van der Waals surface area contributed by atoms with Crippen LogP contribution in [0, 0.1) is 11.6 Å². The van der Waals surface area contributed by atoms with Crippen LogP contribution in [-0.4, -0.2) is 16.1 Å². The van der Waals surface area contributed by atoms with Crippen LogP contribution in [0.2, 0.25) is 0 Å². The van der Waals surface area contributed by atoms with Crippen molar-refractivity contribution in [2.45, 2.75) is 25.6 Å². The number of aliphatic hydroxyl groups excluding tert-OH is 1. The quantitative estimate of drug-likeness (QED) is 0.673. The Kier molecular flexibility index (Phi) is 4.41. The highest BCUT2D eigenvalue weighted by atomic mass is 19.2. The van der Waals surface area contributed by atoms with E-state index in [1.807, 2.05) is 37.4 Å². The van der Waals surface area contributed by atoms with Crippen molar-refractivity contribution in [3.63, 3.8) is 0 Å². The Morgan fingerprint density at radius 3 is 2.74 bits per heavy atom. The third kappa shape index (κ3) is 3.25. The van der Waals surface area contributed by atoms with Gasteiger partial charge in [0.2, 0.25) is 0 Å². The highest BCUT2D eigenvalue weighted by molar-refractivity contribution is 5.82. The number of aliphatic hydroxyl groups is 1. The molecule has 0 fully saturated rings. The van der Waals surface area contributed by atoms with Crippen molar-refractivity contribution in [1.82, 2.24) is 10.3 Å². The summed E-state index contributed by atoms with van der Waals surface area (Å²) < 4.78 is 26.3. The number of hydrogen-bond acceptors (Lipinski definition) is 2. The summed E-state index contributed by atoms with van der Waals surface area (Å²) in [6.45, 7) is 2.38. The van der Waals surface area contributed by atoms with Gasteiger partial charge in [-0.1, -0.05) is 18.2 Å². The van der Waals surface area contributed by atoms with Crippen LogP contribution in [0.5, 0.6) is 0 Å². The minimum Gasteiger partial charge on any atom is -0.387 e. The number of H-pyrrole nitrogens is 1. The van der Waals surface area contributed by atoms with Gasteiger partial charge < -0.3 is 15.4 Å². The van der Waals surface area contributed by atoms with Crippen LogP contribution in [0.25, 0.3) is 10.9 Å². The van der Waals surface area contributed by atoms with E-state index in [0.717, 1.165) is 28.6 Å². The van der Waals surface area contributed by atoms with Crippen LogP contribution in [0.15, 0.2) is 48.7 Å². The summed E-state index contributed by atoms with van der Waals surface area (Å²) in [5.41, 5.74) is 2.51. The summed E-state index contributed by atoms with van der Waals surface area (Å²) in [7, 11) is 0. The second kappa shape index (κ2) is 6.48. The van der Waals surface area contributed by atoms with E-state index < -0.39 is 17.7 Å². The Labute approximate surface area is 133 Å². The summed E-state index contributed by atoms with van der Waals surface area (Å²) in [5.74, 6) is -1.87. The molecule has 2 unspecified atom stereocenters. The van der Waals surface area contributed by atoms with Gasteiger partial charge in [-0.2, -0.15) is 0 Å². The first-order valence-electron chi connectivity index (χ1n) is 7.47. The molecule has 23 heavy (non-hydrogen) atoms. The molecule has 0 bridgehead atoms. The molecule has 0 saturated heterocycles. The van der Waals surface area contributed by atoms with E-state index in [4.69, 9.17) is 0 Å². The maximum absolute atomic E-state index is 13.3. The summed E-state index contributed by atoms with van der Waals surface area (Å²) >= 11 is 0. The number of halogens is 2. The van der Waals surface area contributed by atoms with Crippen LogP contribution in [-0.2, 0) is 6.54 Å². The Morgan fingerprint density at radius 2 is 1.96 bits per heavy atom. The second-order valence-electron chi connectivity index (χ2n) is 5.64. The van der Waals surface area contributed by atoms with Gasteiger partial charge in [0.25, 0.3) is 0 Å². The molecule has 3 nitrogen and oxygen atoms in total. The first-order chi connectivity index (χ1) is 11.1. The molecule has 120 valence electrons. The predicted octanol–water partition coefficient (Wildman–Crippen LogP) is 3.66. The van der Waals surface area contributed by atoms with Gasteiger partial charge in [0, 0.05) is 29.7 Å². The van der Waals surface area contributed by atoms with Crippen molar-refractivity contribution >= 4 is 10.9 Å². The summed E-state index contributed by atoms with van der Waals surface area (Å²) in [6, 6.07) is 11.1. The molecule has 2 atom stereocenters. The monoisotopic (exact) mass is 316 g/mol. The van der Waals surface area contributed by atoms with Gasteiger partial charge >= 0.3 is 0 Å². The average molecular weight is 316 g/mol. The highest BCUT2D eigenvalue weighted by Gasteiger charge is 2.18. The average Bonchev–Trinajstić information content (AvgIpc) is 3.03. The van der Waals surface area contributed by atoms with Gasteiger partial charge in [-0.05, 0) is 42.3 Å². The largest absolute Gasteiger partial charge is 0.387 e. The Hall–Kier alpha value is -2.24. The molecule has 5 heteroatoms. The van der Waals surface area contributed by atoms with E-state index >= 15 is 0 Å². The minimum atomic E-state index is -0.953. The highest BCUT2D eigenvalue weighted by Crippen LogP contribution is 2.21. The van der Waals surface area contributed by atoms with Crippen molar-refractivity contribution in [2.75, 3.05) is 0 Å². The number of rotatable bonds is 5. The lowest BCUT2D eigenvalue weighted by Gasteiger charge is -2.21. The Balaban J connectivity index is 1.70. The van der Waals surface area contributed by atoms with E-state index in [2.05, 4.69) is 10.3 Å². The normalized spacial score (nSPS) is 14.1. The summed E-state index contributed by atoms with van der Waals surface area (Å²) in [6.07, 6.45) is 0.962. The smallest absolute Gasteiger partial charge is 0.159 e. The van der Waals surface area contributed by atoms with E-state index in [9.17, 15) is 13.9 Å². The molecule has 0 aliphatic rings. The molecule has 3 N–H and O–H groups in total. The van der Waals surface area contributed by atoms with Crippen LogP contribution >= 0.6 is 0 Å². The van der Waals surface area contributed by atoms with Gasteiger partial charge in [0.1, 0.15) is 0 Å². The predicted molar refractivity (Wildman–Crippen MR) is 85.9 cm³/mol. The molecule has 0 saturated carbocycles. The first kappa shape index (κ1) is 15.6. The Morgan fingerprint density at radius 1 is 1.13 bits per heavy atom. The van der Waals surface area contributed by atoms with E-state index in [1.54, 1.807) is 0 Å². The van der Waals surface area contributed by atoms with Gasteiger partial charge in [-0.25, -0.2) is 8.78 Å². The number of aromatic nitrogens is 1. The van der Waals surface area contributed by atoms with Crippen molar-refractivity contribution in [1.29, 1.82) is 0 Å². The van der Waals surface area contributed by atoms with Crippen molar-refractivity contribution in [3.8, 4) is 0 Å². The molecule has 0 aliphatic heterocycles. The van der Waals surface area contributed by atoms with Crippen LogP contribution in [0.3, 0.4) is 0 Å². The molecule has 0 aliphatic carbocycles. The number of nitrogens with one attached hydrogen (secondary N) is 2. The summed E-state index contributed by atoms with van der Waals surface area (Å²) in [5, 5.41) is 14.7. The molecule has 1 heterocycles. The fourth-order valence-electron chi connectivity index (χ4n) is 2.67. The molecule has 1 aromatic heterocycles. The maximum Gasteiger partial charge on any atom is 0.159 e. The van der Waals surface area contributed by atoms with Crippen molar-refractivity contribution in [3.05, 3.63) is 71.4 Å². The van der Waals surface area contributed by atoms with Gasteiger partial charge in [0.05, 0.1) is 6.10 Å². The van der Waals surface area contributed by atoms with Gasteiger partial charge in [-0.3, -0.25) is 0 Å². The third-order valence-corrected chi connectivity index (χ3v) is 4.06. The van der Waals surface area contributed by atoms with Crippen LogP contribution in [0.1, 0.15) is 24.2 Å². The number of benzene rings is 2. The Bertz CT molecular complexity index is 816. The maximum atomic E-state index is 13.3. The lowest BCUT2D eigenvalue weighted by Crippen LogP contribution is -2.31. The van der Waals surface area contributed by atoms with E-state index in [0.29, 0.717) is 12.1 Å². The number of fused-ring (bicyclic) bond motifs is 1. The van der Waals surface area contributed by atoms with Gasteiger partial charge in [0.15, 0.2) is 11.6 Å². The third-order valence-electron chi connectivity index (χ3n) is 4.06. The van der Waals surface area contributed by atoms with E-state index in [-0.39, 0.29) is 6.04 Å². The fourth-order valence-corrected chi connectivity index (χ4v) is 2.67. The molecule has 2 aromatic carbocycles. The topological polar surface area (TPSA) is 48.0 Å². The molecular weight excluding hydrogens is 298 g/mol. The molecule has 3 rings (SSSR count). The van der Waals surface area contributed by atoms with Crippen LogP contribution < -0.4 is 5.32 Å². The fraction of sp³-hybridized carbons (Fsp3) is 0.222. The molecule has 0 spiro atoms. The molecule has 3 aromatic rings. The summed E-state index contributed by atoms with van der Waals surface area (Å²) in [4.78, 5) is 3.15. The van der Waals surface area contributed by atoms with Crippen molar-refractivity contribution < 1.29 is 13.9 Å². The SMILES string of the molecule is CC(NCc1cccc2[nH]ccc12)C(O)c1ccc(F)c(F)c1. The van der Waals surface area contributed by atoms with Gasteiger partial charge in [-0.15, -0.1) is 0 Å². The van der Waals surface area contributed by atoms with Crippen molar-refractivity contribution in [2.24, 2.45) is 0 Å². The zero-order chi connectivity index (χ0) is 16.4. The zero-order valence-electron chi connectivity index (χ0n) is 12.7. The number of aromatic amines is 1. The molecular formula is C18H18F2N2O. The minimum absolute atomic E-state index is 0.311. The zero-order valence-corrected chi connectivity index (χ0v) is 12.7. The van der Waals surface area contributed by atoms with E-state index in [1.165, 1.54) is 6.07 Å². The second-order valence-corrected chi connectivity index (χ2v) is 5.64. The molecule has 0 amide bonds. The lowest BCUT2D eigenvalue weighted by molar-refractivity contribution is 0.135. The first-order valence-corrected chi connectivity index (χ1v) is 7.47. The lowest BCUT2D eigenvalue weighted by atomic mass is 10.0. The standard InChI is InChI=1S/C18H18F2N2O/c1-11(18(23)12-5-6-15(19)16(20)9-12)22-10-13-3-2-4-17-14(13)7-8-21-17/h2-9,11,18,21-23H,10H2,1H3. The van der Waals surface area contributed by atoms with Crippen LogP contribution in [0.4, 0.5) is 8.78 Å². The number of hydrogen-bond donors (Lipinski definition) is 3.